The van der Waals surface area contributed by atoms with Gasteiger partial charge >= 0.3 is 23.9 Å². The Hall–Kier alpha value is -8.64. The first-order valence-electron chi connectivity index (χ1n) is 27.4. The summed E-state index contributed by atoms with van der Waals surface area (Å²) in [5.41, 5.74) is 3.64. The molecule has 0 amide bonds. The van der Waals surface area contributed by atoms with Crippen LogP contribution >= 0.6 is 0 Å². The van der Waals surface area contributed by atoms with E-state index in [9.17, 15) is 24.3 Å². The van der Waals surface area contributed by atoms with Crippen LogP contribution in [0.5, 0.6) is 0 Å². The van der Waals surface area contributed by atoms with Crippen molar-refractivity contribution in [2.45, 2.75) is 93.8 Å². The van der Waals surface area contributed by atoms with Gasteiger partial charge in [-0.1, -0.05) is 194 Å². The number of esters is 4. The van der Waals surface area contributed by atoms with Crippen molar-refractivity contribution in [3.63, 3.8) is 0 Å². The fourth-order valence-electron chi connectivity index (χ4n) is 9.91. The molecular formula is C68H62O15. The van der Waals surface area contributed by atoms with Gasteiger partial charge in [0.1, 0.15) is 36.6 Å². The first kappa shape index (κ1) is 57.6. The second-order valence-corrected chi connectivity index (χ2v) is 19.9. The van der Waals surface area contributed by atoms with Crippen molar-refractivity contribution in [3.05, 3.63) is 287 Å². The molecule has 2 aliphatic rings. The van der Waals surface area contributed by atoms with Crippen LogP contribution in [-0.4, -0.2) is 103 Å². The van der Waals surface area contributed by atoms with Gasteiger partial charge in [-0.05, 0) is 70.8 Å². The van der Waals surface area contributed by atoms with Gasteiger partial charge in [0.25, 0.3) is 0 Å². The summed E-state index contributed by atoms with van der Waals surface area (Å²) in [7, 11) is 0. The zero-order valence-electron chi connectivity index (χ0n) is 45.1. The molecule has 1 N–H and O–H groups in total. The Morgan fingerprint density at radius 3 is 0.988 bits per heavy atom. The van der Waals surface area contributed by atoms with Crippen LogP contribution in [0.2, 0.25) is 0 Å². The van der Waals surface area contributed by atoms with E-state index in [2.05, 4.69) is 0 Å². The highest BCUT2D eigenvalue weighted by molar-refractivity contribution is 5.92. The summed E-state index contributed by atoms with van der Waals surface area (Å²) in [5, 5.41) is 13.2. The largest absolute Gasteiger partial charge is 0.452 e. The molecule has 8 aromatic carbocycles. The van der Waals surface area contributed by atoms with Crippen molar-refractivity contribution in [3.8, 4) is 0 Å². The molecule has 11 atom stereocenters. The minimum absolute atomic E-state index is 0.00766. The number of hydrogen-bond donors (Lipinski definition) is 1. The SMILES string of the molecule is O=C(O[C@@H]1[C@@H](OC(=O)c2ccccc2)[C@@H](OC(=O)c2ccccc2)[C@H](O)[C@H](O[C@H]2O[C@H](COCc3ccccc3)[C@@H](OCc3ccccc3)[C@H](OCc3ccccc3)[C@@H]2OCc2ccccc2)[C@H]1OC(=O)c1ccccc1)c1ccccc1. The third kappa shape index (κ3) is 15.3. The minimum atomic E-state index is -2.06. The van der Waals surface area contributed by atoms with Crippen LogP contribution in [0.4, 0.5) is 0 Å². The molecule has 83 heavy (non-hydrogen) atoms. The molecule has 1 aliphatic carbocycles. The van der Waals surface area contributed by atoms with Crippen LogP contribution in [-0.2, 0) is 73.8 Å². The molecule has 0 unspecified atom stereocenters. The Morgan fingerprint density at radius 1 is 0.325 bits per heavy atom. The summed E-state index contributed by atoms with van der Waals surface area (Å²) >= 11 is 0. The number of carbonyl (C=O) groups is 4. The average molecular weight is 1120 g/mol. The Morgan fingerprint density at radius 2 is 0.614 bits per heavy atom. The predicted molar refractivity (Wildman–Crippen MR) is 303 cm³/mol. The molecule has 1 heterocycles. The van der Waals surface area contributed by atoms with Crippen LogP contribution in [0, 0.1) is 0 Å². The maximum atomic E-state index is 14.7. The number of carbonyl (C=O) groups excluding carboxylic acids is 4. The smallest absolute Gasteiger partial charge is 0.338 e. The van der Waals surface area contributed by atoms with E-state index in [4.69, 9.17) is 47.4 Å². The van der Waals surface area contributed by atoms with Gasteiger partial charge in [0, 0.05) is 0 Å². The van der Waals surface area contributed by atoms with Crippen LogP contribution in [0.3, 0.4) is 0 Å². The molecule has 1 aliphatic heterocycles. The molecule has 0 spiro atoms. The number of aliphatic hydroxyl groups is 1. The average Bonchev–Trinajstić information content (AvgIpc) is 3.56. The molecule has 8 aromatic rings. The Balaban J connectivity index is 1.11. The number of rotatable bonds is 23. The summed E-state index contributed by atoms with van der Waals surface area (Å²) in [6.45, 7) is 0.283. The molecule has 0 aromatic heterocycles. The molecular weight excluding hydrogens is 1060 g/mol. The van der Waals surface area contributed by atoms with E-state index in [0.29, 0.717) is 0 Å². The molecule has 10 rings (SSSR count). The molecule has 15 heteroatoms. The molecule has 1 saturated heterocycles. The van der Waals surface area contributed by atoms with Gasteiger partial charge in [0.15, 0.2) is 30.7 Å². The Bertz CT molecular complexity index is 3270. The number of aliphatic hydroxyl groups excluding tert-OH is 1. The van der Waals surface area contributed by atoms with E-state index in [1.165, 1.54) is 48.5 Å². The lowest BCUT2D eigenvalue weighted by Crippen LogP contribution is -2.70. The van der Waals surface area contributed by atoms with Crippen LogP contribution in [0.15, 0.2) is 243 Å². The van der Waals surface area contributed by atoms with Gasteiger partial charge in [-0.2, -0.15) is 0 Å². The third-order valence-corrected chi connectivity index (χ3v) is 14.1. The van der Waals surface area contributed by atoms with Gasteiger partial charge in [-0.3, -0.25) is 0 Å². The summed E-state index contributed by atoms with van der Waals surface area (Å²) in [4.78, 5) is 58.1. The zero-order chi connectivity index (χ0) is 57.2. The lowest BCUT2D eigenvalue weighted by atomic mass is 9.83. The van der Waals surface area contributed by atoms with Crippen molar-refractivity contribution in [1.29, 1.82) is 0 Å². The fourth-order valence-corrected chi connectivity index (χ4v) is 9.91. The van der Waals surface area contributed by atoms with Crippen molar-refractivity contribution < 1.29 is 71.7 Å². The van der Waals surface area contributed by atoms with Gasteiger partial charge in [-0.15, -0.1) is 0 Å². The number of ether oxygens (including phenoxy) is 10. The van der Waals surface area contributed by atoms with Crippen molar-refractivity contribution in [2.24, 2.45) is 0 Å². The van der Waals surface area contributed by atoms with Crippen molar-refractivity contribution in [2.75, 3.05) is 6.61 Å². The van der Waals surface area contributed by atoms with E-state index in [1.807, 2.05) is 121 Å². The second-order valence-electron chi connectivity index (χ2n) is 19.9. The molecule has 0 bridgehead atoms. The zero-order valence-corrected chi connectivity index (χ0v) is 45.1. The molecule has 2 fully saturated rings. The van der Waals surface area contributed by atoms with Crippen LogP contribution in [0.1, 0.15) is 63.7 Å². The Kier molecular flexibility index (Phi) is 20.0. The van der Waals surface area contributed by atoms with Gasteiger partial charge in [-0.25, -0.2) is 19.2 Å². The maximum absolute atomic E-state index is 14.7. The summed E-state index contributed by atoms with van der Waals surface area (Å²) in [6.07, 6.45) is -17.2. The van der Waals surface area contributed by atoms with Crippen molar-refractivity contribution >= 4 is 23.9 Å². The topological polar surface area (TPSA) is 181 Å². The first-order chi connectivity index (χ1) is 40.8. The van der Waals surface area contributed by atoms with Gasteiger partial charge < -0.3 is 52.5 Å². The second kappa shape index (κ2) is 28.9. The summed E-state index contributed by atoms with van der Waals surface area (Å²) in [6, 6.07) is 70.0. The van der Waals surface area contributed by atoms with E-state index in [0.717, 1.165) is 22.3 Å². The van der Waals surface area contributed by atoms with E-state index < -0.39 is 91.2 Å². The van der Waals surface area contributed by atoms with Crippen LogP contribution in [0.25, 0.3) is 0 Å². The van der Waals surface area contributed by atoms with Crippen molar-refractivity contribution in [1.82, 2.24) is 0 Å². The predicted octanol–water partition coefficient (Wildman–Crippen LogP) is 10.3. The summed E-state index contributed by atoms with van der Waals surface area (Å²) in [5.74, 6) is -3.76. The van der Waals surface area contributed by atoms with Crippen LogP contribution < -0.4 is 0 Å². The monoisotopic (exact) mass is 1120 g/mol. The Labute approximate surface area is 481 Å². The lowest BCUT2D eigenvalue weighted by Gasteiger charge is -2.50. The van der Waals surface area contributed by atoms with E-state index in [1.54, 1.807) is 72.8 Å². The standard InChI is InChI=1S/C68H62O15/c69-55-57(79-64(70)50-33-17-5-18-34-50)60(80-65(71)51-35-19-6-20-36-51)62(82-67(73)53-39-23-8-24-40-53)61(81-66(72)52-37-21-7-22-38-52)58(55)83-68-63(77-44-49-31-15-4-16-32-49)59(76-43-48-29-13-3-14-30-48)56(75-42-47-27-11-2-12-28-47)54(78-68)45-74-41-46-25-9-1-10-26-46/h1-40,54-63,68-69H,41-45H2/t54-,55+,56-,57+,58+,59+,60+,61-,62-,63+,68-/m1/s1. The highest BCUT2D eigenvalue weighted by Crippen LogP contribution is 2.39. The first-order valence-corrected chi connectivity index (χ1v) is 27.4. The highest BCUT2D eigenvalue weighted by Gasteiger charge is 2.61. The van der Waals surface area contributed by atoms with Gasteiger partial charge in [0.05, 0.1) is 55.3 Å². The lowest BCUT2D eigenvalue weighted by molar-refractivity contribution is -0.355. The number of hydrogen-bond acceptors (Lipinski definition) is 15. The van der Waals surface area contributed by atoms with E-state index in [-0.39, 0.29) is 55.3 Å². The van der Waals surface area contributed by atoms with Gasteiger partial charge in [0.2, 0.25) is 0 Å². The normalized spacial score (nSPS) is 23.0. The van der Waals surface area contributed by atoms with E-state index >= 15 is 0 Å². The molecule has 1 saturated carbocycles. The summed E-state index contributed by atoms with van der Waals surface area (Å²) < 4.78 is 66.9. The number of benzene rings is 8. The quantitative estimate of drug-likeness (QED) is 0.0472. The third-order valence-electron chi connectivity index (χ3n) is 14.1. The highest BCUT2D eigenvalue weighted by atomic mass is 16.7. The molecule has 0 radical (unpaired) electrons. The minimum Gasteiger partial charge on any atom is -0.452 e. The fraction of sp³-hybridized carbons (Fsp3) is 0.235. The molecule has 424 valence electrons. The molecule has 15 nitrogen and oxygen atoms in total. The maximum Gasteiger partial charge on any atom is 0.338 e.